The fourth-order valence-electron chi connectivity index (χ4n) is 2.10. The first-order valence-corrected chi connectivity index (χ1v) is 6.54. The van der Waals surface area contributed by atoms with Crippen LogP contribution in [0, 0.1) is 22.8 Å². The van der Waals surface area contributed by atoms with E-state index in [0.717, 1.165) is 9.13 Å². The predicted molar refractivity (Wildman–Crippen MR) is 79.0 cm³/mol. The summed E-state index contributed by atoms with van der Waals surface area (Å²) in [6.07, 6.45) is 5.49. The second kappa shape index (κ2) is 4.65. The number of carbonyl (C=O) groups is 1. The van der Waals surface area contributed by atoms with Crippen molar-refractivity contribution in [3.05, 3.63) is 38.2 Å². The van der Waals surface area contributed by atoms with Crippen LogP contribution in [0.25, 0.3) is 5.57 Å². The van der Waals surface area contributed by atoms with Gasteiger partial charge >= 0.3 is 0 Å². The average Bonchev–Trinajstić information content (AvgIpc) is 2.54. The summed E-state index contributed by atoms with van der Waals surface area (Å²) in [5, 5.41) is 12.7. The van der Waals surface area contributed by atoms with E-state index in [1.807, 2.05) is 19.1 Å². The van der Waals surface area contributed by atoms with Crippen LogP contribution in [0.5, 0.6) is 0 Å². The molecule has 1 aliphatic heterocycles. The Bertz CT molecular complexity index is 611. The molecule has 0 aromatic heterocycles. The van der Waals surface area contributed by atoms with Crippen LogP contribution in [0.1, 0.15) is 23.6 Å². The van der Waals surface area contributed by atoms with Gasteiger partial charge in [0, 0.05) is 14.7 Å². The number of aliphatic hydroxyl groups is 1. The lowest BCUT2D eigenvalue weighted by atomic mass is 9.94. The Kier molecular flexibility index (Phi) is 3.35. The van der Waals surface area contributed by atoms with E-state index < -0.39 is 0 Å². The topological polar surface area (TPSA) is 49.3 Å². The molecule has 0 bridgehead atoms. The summed E-state index contributed by atoms with van der Waals surface area (Å²) in [7, 11) is 0. The van der Waals surface area contributed by atoms with Gasteiger partial charge in [-0.25, -0.2) is 0 Å². The molecule has 1 aliphatic rings. The highest BCUT2D eigenvalue weighted by atomic mass is 127. The summed E-state index contributed by atoms with van der Waals surface area (Å²) in [6, 6.07) is 3.41. The van der Waals surface area contributed by atoms with Crippen molar-refractivity contribution in [1.29, 1.82) is 0 Å². The van der Waals surface area contributed by atoms with E-state index in [1.54, 1.807) is 6.92 Å². The maximum Gasteiger partial charge on any atom is 0.256 e. The van der Waals surface area contributed by atoms with E-state index in [9.17, 15) is 9.90 Å². The molecular weight excluding hydrogens is 341 g/mol. The standard InChI is InChI=1S/C14H12INO2/c1-4-9-6-10(15)5-7(2)11(9)12-13(17)8(3)16-14(12)18/h1,5-6,8,17H,2-3H3,(H,16,18). The Morgan fingerprint density at radius 1 is 1.50 bits per heavy atom. The second-order valence-electron chi connectivity index (χ2n) is 4.24. The van der Waals surface area contributed by atoms with Gasteiger partial charge in [-0.05, 0) is 54.1 Å². The zero-order valence-electron chi connectivity index (χ0n) is 10.0. The third kappa shape index (κ3) is 1.99. The third-order valence-electron chi connectivity index (χ3n) is 2.95. The van der Waals surface area contributed by atoms with Crippen LogP contribution in [0.4, 0.5) is 0 Å². The zero-order chi connectivity index (χ0) is 13.4. The van der Waals surface area contributed by atoms with Gasteiger partial charge < -0.3 is 10.4 Å². The average molecular weight is 353 g/mol. The maximum atomic E-state index is 11.9. The zero-order valence-corrected chi connectivity index (χ0v) is 12.2. The maximum absolute atomic E-state index is 11.9. The highest BCUT2D eigenvalue weighted by Gasteiger charge is 2.31. The lowest BCUT2D eigenvalue weighted by molar-refractivity contribution is -0.115. The first kappa shape index (κ1) is 13.0. The Morgan fingerprint density at radius 3 is 2.67 bits per heavy atom. The molecule has 1 heterocycles. The van der Waals surface area contributed by atoms with Crippen molar-refractivity contribution in [3.8, 4) is 12.3 Å². The van der Waals surface area contributed by atoms with E-state index in [0.29, 0.717) is 16.7 Å². The number of hydrogen-bond acceptors (Lipinski definition) is 2. The molecule has 1 aromatic carbocycles. The van der Waals surface area contributed by atoms with E-state index in [1.165, 1.54) is 0 Å². The lowest BCUT2D eigenvalue weighted by Crippen LogP contribution is -2.25. The van der Waals surface area contributed by atoms with Crippen molar-refractivity contribution < 1.29 is 9.90 Å². The fourth-order valence-corrected chi connectivity index (χ4v) is 2.88. The number of halogens is 1. The van der Waals surface area contributed by atoms with Crippen molar-refractivity contribution in [2.75, 3.05) is 0 Å². The van der Waals surface area contributed by atoms with Crippen LogP contribution in [-0.2, 0) is 4.79 Å². The SMILES string of the molecule is C#Cc1cc(I)cc(C)c1C1=C(O)C(C)NC1=O. The smallest absolute Gasteiger partial charge is 0.256 e. The number of terminal acetylenes is 1. The largest absolute Gasteiger partial charge is 0.509 e. The predicted octanol–water partition coefficient (Wildman–Crippen LogP) is 2.37. The van der Waals surface area contributed by atoms with Crippen LogP contribution < -0.4 is 5.32 Å². The van der Waals surface area contributed by atoms with Crippen molar-refractivity contribution >= 4 is 34.1 Å². The Morgan fingerprint density at radius 2 is 2.17 bits per heavy atom. The number of rotatable bonds is 1. The Labute approximate surface area is 119 Å². The molecule has 0 aliphatic carbocycles. The van der Waals surface area contributed by atoms with Gasteiger partial charge in [0.05, 0.1) is 11.6 Å². The summed E-state index contributed by atoms with van der Waals surface area (Å²) < 4.78 is 1.01. The number of amides is 1. The van der Waals surface area contributed by atoms with Gasteiger partial charge in [-0.1, -0.05) is 5.92 Å². The molecule has 0 radical (unpaired) electrons. The highest BCUT2D eigenvalue weighted by Crippen LogP contribution is 2.31. The number of aryl methyl sites for hydroxylation is 1. The van der Waals surface area contributed by atoms with Crippen LogP contribution in [0.2, 0.25) is 0 Å². The van der Waals surface area contributed by atoms with Crippen molar-refractivity contribution in [1.82, 2.24) is 5.32 Å². The number of hydrogen-bond donors (Lipinski definition) is 2. The van der Waals surface area contributed by atoms with E-state index in [2.05, 4.69) is 33.8 Å². The molecule has 0 fully saturated rings. The summed E-state index contributed by atoms with van der Waals surface area (Å²) in [6.45, 7) is 3.62. The number of benzene rings is 1. The minimum absolute atomic E-state index is 0.0563. The highest BCUT2D eigenvalue weighted by molar-refractivity contribution is 14.1. The van der Waals surface area contributed by atoms with E-state index in [4.69, 9.17) is 6.42 Å². The molecule has 1 aromatic rings. The van der Waals surface area contributed by atoms with Crippen molar-refractivity contribution in [3.63, 3.8) is 0 Å². The van der Waals surface area contributed by atoms with Crippen molar-refractivity contribution in [2.45, 2.75) is 19.9 Å². The number of carbonyl (C=O) groups excluding carboxylic acids is 1. The monoisotopic (exact) mass is 353 g/mol. The quantitative estimate of drug-likeness (QED) is 0.602. The summed E-state index contributed by atoms with van der Waals surface area (Å²) in [5.74, 6) is 2.36. The summed E-state index contributed by atoms with van der Waals surface area (Å²) in [5.41, 5.74) is 2.47. The summed E-state index contributed by atoms with van der Waals surface area (Å²) in [4.78, 5) is 11.9. The van der Waals surface area contributed by atoms with Gasteiger partial charge in [-0.15, -0.1) is 6.42 Å². The van der Waals surface area contributed by atoms with Gasteiger partial charge in [0.15, 0.2) is 0 Å². The minimum atomic E-state index is -0.364. The van der Waals surface area contributed by atoms with Gasteiger partial charge in [0.25, 0.3) is 5.91 Å². The van der Waals surface area contributed by atoms with Gasteiger partial charge in [0.2, 0.25) is 0 Å². The molecule has 1 atom stereocenters. The molecule has 4 heteroatoms. The molecule has 1 amide bonds. The first-order chi connectivity index (χ1) is 8.45. The van der Waals surface area contributed by atoms with Crippen molar-refractivity contribution in [2.24, 2.45) is 0 Å². The number of aliphatic hydroxyl groups excluding tert-OH is 1. The van der Waals surface area contributed by atoms with Crippen LogP contribution in [0.3, 0.4) is 0 Å². The summed E-state index contributed by atoms with van der Waals surface area (Å²) >= 11 is 2.17. The molecule has 92 valence electrons. The molecular formula is C14H12INO2. The molecule has 0 saturated carbocycles. The van der Waals surface area contributed by atoms with Gasteiger partial charge in [0.1, 0.15) is 5.76 Å². The molecule has 18 heavy (non-hydrogen) atoms. The first-order valence-electron chi connectivity index (χ1n) is 5.46. The normalized spacial score (nSPS) is 18.8. The van der Waals surface area contributed by atoms with E-state index >= 15 is 0 Å². The lowest BCUT2D eigenvalue weighted by Gasteiger charge is -2.10. The van der Waals surface area contributed by atoms with E-state index in [-0.39, 0.29) is 17.7 Å². The Hall–Kier alpha value is -1.48. The number of nitrogens with one attached hydrogen (secondary N) is 1. The third-order valence-corrected chi connectivity index (χ3v) is 3.57. The second-order valence-corrected chi connectivity index (χ2v) is 5.49. The minimum Gasteiger partial charge on any atom is -0.509 e. The molecule has 0 saturated heterocycles. The van der Waals surface area contributed by atoms with Gasteiger partial charge in [-0.3, -0.25) is 4.79 Å². The molecule has 2 rings (SSSR count). The van der Waals surface area contributed by atoms with Crippen LogP contribution >= 0.6 is 22.6 Å². The molecule has 3 nitrogen and oxygen atoms in total. The fraction of sp³-hybridized carbons (Fsp3) is 0.214. The van der Waals surface area contributed by atoms with Crippen LogP contribution in [0.15, 0.2) is 17.9 Å². The molecule has 0 spiro atoms. The van der Waals surface area contributed by atoms with Gasteiger partial charge in [-0.2, -0.15) is 0 Å². The molecule has 1 unspecified atom stereocenters. The molecule has 2 N–H and O–H groups in total. The van der Waals surface area contributed by atoms with Crippen LogP contribution in [-0.4, -0.2) is 17.1 Å². The Balaban J connectivity index is 2.74.